The summed E-state index contributed by atoms with van der Waals surface area (Å²) in [5, 5.41) is 0. The minimum atomic E-state index is 0.205. The second-order valence-corrected chi connectivity index (χ2v) is 19.5. The molecule has 0 saturated heterocycles. The van der Waals surface area contributed by atoms with Gasteiger partial charge in [-0.2, -0.15) is 0 Å². The van der Waals surface area contributed by atoms with Gasteiger partial charge in [-0.1, -0.05) is 145 Å². The number of nitrogens with zero attached hydrogens (tertiary/aromatic N) is 4. The summed E-state index contributed by atoms with van der Waals surface area (Å²) in [5.74, 6) is 0.692. The lowest BCUT2D eigenvalue weighted by Gasteiger charge is -2.39. The summed E-state index contributed by atoms with van der Waals surface area (Å²) in [6.07, 6.45) is 48.0. The molecule has 2 aliphatic heterocycles. The van der Waals surface area contributed by atoms with Crippen molar-refractivity contribution in [2.75, 3.05) is 14.7 Å². The van der Waals surface area contributed by atoms with Gasteiger partial charge in [0.1, 0.15) is 0 Å². The summed E-state index contributed by atoms with van der Waals surface area (Å²) in [5.41, 5.74) is 17.5. The second kappa shape index (κ2) is 17.2. The Kier molecular flexibility index (Phi) is 10.6. The standard InChI is InChI=1S/C62H60N4/c1-43-21-29-49(30-22-43)63(53-37-39-61-57(41-53)55-17-9-11-19-59(55)65(61)47-13-5-3-6-14-47)51-33-25-45(26-34-51)46-27-35-52(36-28-46)64(50-31-23-44(2)24-32-50)54-38-40-62-58(42-54)56-18-10-12-20-60(56)66(62)48-15-7-4-8-16-48/h3-9,11-15,17,19-21,23-28,31-35,37-42,48-49,52,55,58-59,62H,10,16,18,22,29-30,36H2,1-2H3. The Bertz CT molecular complexity index is 2860. The monoisotopic (exact) mass is 860 g/mol. The Hall–Kier alpha value is -6.78. The maximum atomic E-state index is 2.70. The number of aryl methyl sites for hydroxylation is 1. The van der Waals surface area contributed by atoms with Crippen molar-refractivity contribution >= 4 is 34.0 Å². The lowest BCUT2D eigenvalue weighted by molar-refractivity contribution is 0.256. The number of hydrogen-bond acceptors (Lipinski definition) is 4. The fraction of sp³-hybridized carbons (Fsp3) is 0.258. The highest BCUT2D eigenvalue weighted by molar-refractivity contribution is 5.81. The van der Waals surface area contributed by atoms with E-state index in [-0.39, 0.29) is 12.1 Å². The van der Waals surface area contributed by atoms with Gasteiger partial charge in [0.05, 0.1) is 24.2 Å². The SMILES string of the molecule is CC1=CCC(N(c2ccc(C3=CCC(N(C4=CC5C6=C(C=CCC6)N(C6C=CC=CC6)C5C=C4)c4ccc(C)cc4)C=C3)cc2)c2ccc3c(c2)C2C=CC=CC2N3c2ccccc2)CC1. The molecular formula is C62H60N4. The molecule has 4 nitrogen and oxygen atoms in total. The molecule has 8 aliphatic rings. The van der Waals surface area contributed by atoms with E-state index in [9.17, 15) is 0 Å². The first-order chi connectivity index (χ1) is 32.6. The third-order valence-electron chi connectivity index (χ3n) is 15.5. The van der Waals surface area contributed by atoms with Crippen LogP contribution in [0.5, 0.6) is 0 Å². The molecule has 4 aromatic carbocycles. The fourth-order valence-corrected chi connectivity index (χ4v) is 12.2. The predicted octanol–water partition coefficient (Wildman–Crippen LogP) is 14.8. The van der Waals surface area contributed by atoms with Crippen LogP contribution in [-0.2, 0) is 0 Å². The van der Waals surface area contributed by atoms with E-state index < -0.39 is 0 Å². The van der Waals surface area contributed by atoms with Crippen LogP contribution in [0.3, 0.4) is 0 Å². The summed E-state index contributed by atoms with van der Waals surface area (Å²) >= 11 is 0. The van der Waals surface area contributed by atoms with Crippen LogP contribution in [0.2, 0.25) is 0 Å². The predicted molar refractivity (Wildman–Crippen MR) is 277 cm³/mol. The molecule has 12 rings (SSSR count). The van der Waals surface area contributed by atoms with Crippen molar-refractivity contribution in [1.82, 2.24) is 4.90 Å². The smallest absolute Gasteiger partial charge is 0.0629 e. The van der Waals surface area contributed by atoms with Gasteiger partial charge in [0.25, 0.3) is 0 Å². The fourth-order valence-electron chi connectivity index (χ4n) is 12.2. The Morgan fingerprint density at radius 1 is 0.606 bits per heavy atom. The van der Waals surface area contributed by atoms with E-state index >= 15 is 0 Å². The van der Waals surface area contributed by atoms with Crippen LogP contribution in [0.4, 0.5) is 28.4 Å². The first-order valence-electron chi connectivity index (χ1n) is 24.6. The molecule has 66 heavy (non-hydrogen) atoms. The normalized spacial score (nSPS) is 26.7. The van der Waals surface area contributed by atoms with Crippen molar-refractivity contribution in [3.05, 3.63) is 240 Å². The first-order valence-corrected chi connectivity index (χ1v) is 24.6. The van der Waals surface area contributed by atoms with E-state index in [1.807, 2.05) is 0 Å². The van der Waals surface area contributed by atoms with Crippen molar-refractivity contribution in [3.8, 4) is 0 Å². The average Bonchev–Trinajstić information content (AvgIpc) is 3.89. The van der Waals surface area contributed by atoms with Gasteiger partial charge in [-0.05, 0) is 148 Å². The molecule has 0 amide bonds. The van der Waals surface area contributed by atoms with Crippen LogP contribution in [-0.4, -0.2) is 35.1 Å². The van der Waals surface area contributed by atoms with Crippen molar-refractivity contribution in [2.45, 2.75) is 94.9 Å². The van der Waals surface area contributed by atoms with Crippen molar-refractivity contribution in [3.63, 3.8) is 0 Å². The number of anilines is 5. The molecule has 0 fully saturated rings. The molecule has 0 aromatic heterocycles. The summed E-state index contributed by atoms with van der Waals surface area (Å²) in [6, 6.07) is 38.4. The van der Waals surface area contributed by atoms with Crippen LogP contribution in [0.25, 0.3) is 5.57 Å². The summed E-state index contributed by atoms with van der Waals surface area (Å²) in [4.78, 5) is 10.5. The van der Waals surface area contributed by atoms with Crippen molar-refractivity contribution in [2.24, 2.45) is 5.92 Å². The highest BCUT2D eigenvalue weighted by Crippen LogP contribution is 2.50. The van der Waals surface area contributed by atoms with E-state index in [4.69, 9.17) is 0 Å². The number of para-hydroxylation sites is 1. The number of benzene rings is 4. The zero-order valence-electron chi connectivity index (χ0n) is 38.3. The Balaban J connectivity index is 0.827. The number of rotatable bonds is 9. The molecule has 0 radical (unpaired) electrons. The highest BCUT2D eigenvalue weighted by Gasteiger charge is 2.43. The van der Waals surface area contributed by atoms with E-state index in [1.54, 1.807) is 5.57 Å². The van der Waals surface area contributed by atoms with Crippen molar-refractivity contribution < 1.29 is 0 Å². The quantitative estimate of drug-likeness (QED) is 0.155. The van der Waals surface area contributed by atoms with Gasteiger partial charge in [0, 0.05) is 57.7 Å². The maximum Gasteiger partial charge on any atom is 0.0629 e. The van der Waals surface area contributed by atoms with Gasteiger partial charge in [-0.3, -0.25) is 0 Å². The van der Waals surface area contributed by atoms with Crippen LogP contribution < -0.4 is 14.7 Å². The molecule has 7 atom stereocenters. The summed E-state index contributed by atoms with van der Waals surface area (Å²) < 4.78 is 0. The minimum absolute atomic E-state index is 0.205. The molecule has 0 bridgehead atoms. The van der Waals surface area contributed by atoms with E-state index in [2.05, 4.69) is 234 Å². The van der Waals surface area contributed by atoms with Crippen LogP contribution in [0, 0.1) is 12.8 Å². The molecule has 6 aliphatic carbocycles. The maximum absolute atomic E-state index is 2.70. The summed E-state index contributed by atoms with van der Waals surface area (Å²) in [6.45, 7) is 4.48. The van der Waals surface area contributed by atoms with Gasteiger partial charge in [0.2, 0.25) is 0 Å². The molecule has 0 saturated carbocycles. The second-order valence-electron chi connectivity index (χ2n) is 19.5. The number of allylic oxidation sites excluding steroid dienone is 10. The molecular weight excluding hydrogens is 801 g/mol. The third kappa shape index (κ3) is 7.32. The molecule has 0 N–H and O–H groups in total. The van der Waals surface area contributed by atoms with Crippen LogP contribution in [0.1, 0.15) is 74.5 Å². The van der Waals surface area contributed by atoms with Gasteiger partial charge in [-0.25, -0.2) is 0 Å². The molecule has 4 heteroatoms. The molecule has 328 valence electrons. The zero-order chi connectivity index (χ0) is 44.1. The Morgan fingerprint density at radius 2 is 1.41 bits per heavy atom. The van der Waals surface area contributed by atoms with Gasteiger partial charge < -0.3 is 19.6 Å². The molecule has 4 aromatic rings. The van der Waals surface area contributed by atoms with E-state index in [0.717, 1.165) is 44.9 Å². The van der Waals surface area contributed by atoms with Gasteiger partial charge in [-0.15, -0.1) is 0 Å². The molecule has 2 heterocycles. The van der Waals surface area contributed by atoms with Gasteiger partial charge >= 0.3 is 0 Å². The third-order valence-corrected chi connectivity index (χ3v) is 15.5. The number of fused-ring (bicyclic) bond motifs is 5. The van der Waals surface area contributed by atoms with E-state index in [0.29, 0.717) is 30.0 Å². The molecule has 0 spiro atoms. The Morgan fingerprint density at radius 3 is 2.20 bits per heavy atom. The zero-order valence-corrected chi connectivity index (χ0v) is 38.3. The first kappa shape index (κ1) is 40.7. The topological polar surface area (TPSA) is 13.0 Å². The number of hydrogen-bond donors (Lipinski definition) is 0. The van der Waals surface area contributed by atoms with Gasteiger partial charge in [0.15, 0.2) is 0 Å². The lowest BCUT2D eigenvalue weighted by atomic mass is 9.85. The summed E-state index contributed by atoms with van der Waals surface area (Å²) in [7, 11) is 0. The minimum Gasteiger partial charge on any atom is -0.357 e. The van der Waals surface area contributed by atoms with E-state index in [1.165, 1.54) is 67.7 Å². The lowest BCUT2D eigenvalue weighted by Crippen LogP contribution is -2.41. The average molecular weight is 861 g/mol. The van der Waals surface area contributed by atoms with Crippen LogP contribution >= 0.6 is 0 Å². The Labute approximate surface area is 392 Å². The highest BCUT2D eigenvalue weighted by atomic mass is 15.2. The largest absolute Gasteiger partial charge is 0.357 e. The van der Waals surface area contributed by atoms with Crippen molar-refractivity contribution in [1.29, 1.82) is 0 Å². The van der Waals surface area contributed by atoms with Crippen LogP contribution in [0.15, 0.2) is 223 Å². The molecule has 7 unspecified atom stereocenters.